The summed E-state index contributed by atoms with van der Waals surface area (Å²) in [5.74, 6) is -0.585. The zero-order chi connectivity index (χ0) is 25.2. The zero-order valence-electron chi connectivity index (χ0n) is 20.3. The Kier molecular flexibility index (Phi) is 7.40. The second-order valence-corrected chi connectivity index (χ2v) is 11.4. The molecule has 2 aromatic rings. The molecule has 2 N–H and O–H groups in total. The number of rotatable bonds is 7. The van der Waals surface area contributed by atoms with Crippen molar-refractivity contribution in [3.8, 4) is 11.1 Å². The molecule has 2 aliphatic rings. The third-order valence-electron chi connectivity index (χ3n) is 6.43. The van der Waals surface area contributed by atoms with E-state index in [0.29, 0.717) is 18.1 Å². The van der Waals surface area contributed by atoms with E-state index in [1.54, 1.807) is 0 Å². The average molecular weight is 497 g/mol. The Morgan fingerprint density at radius 2 is 1.69 bits per heavy atom. The summed E-state index contributed by atoms with van der Waals surface area (Å²) in [6.45, 7) is 6.31. The van der Waals surface area contributed by atoms with E-state index in [1.807, 2.05) is 45.0 Å². The Morgan fingerprint density at radius 1 is 1.09 bits per heavy atom. The highest BCUT2D eigenvalue weighted by Crippen LogP contribution is 2.44. The van der Waals surface area contributed by atoms with Gasteiger partial charge in [0.1, 0.15) is 12.6 Å². The lowest BCUT2D eigenvalue weighted by Gasteiger charge is -2.29. The molecule has 2 atom stereocenters. The summed E-state index contributed by atoms with van der Waals surface area (Å²) >= 11 is 1.42. The van der Waals surface area contributed by atoms with Crippen LogP contribution in [-0.4, -0.2) is 58.3 Å². The molecule has 0 aromatic heterocycles. The number of nitrogens with one attached hydrogen (secondary N) is 1. The molecule has 1 aliphatic carbocycles. The van der Waals surface area contributed by atoms with Crippen LogP contribution >= 0.6 is 11.8 Å². The van der Waals surface area contributed by atoms with Gasteiger partial charge in [0.2, 0.25) is 5.91 Å². The largest absolute Gasteiger partial charge is 0.480 e. The van der Waals surface area contributed by atoms with Gasteiger partial charge in [0.05, 0.1) is 5.88 Å². The molecule has 1 heterocycles. The number of carboxylic acid groups (broad SMARTS) is 1. The molecule has 0 radical (unpaired) electrons. The van der Waals surface area contributed by atoms with Crippen LogP contribution < -0.4 is 5.32 Å². The molecule has 2 amide bonds. The number of carboxylic acids is 1. The van der Waals surface area contributed by atoms with Crippen LogP contribution in [0.2, 0.25) is 0 Å². The molecule has 1 unspecified atom stereocenters. The van der Waals surface area contributed by atoms with E-state index >= 15 is 0 Å². The fourth-order valence-corrected chi connectivity index (χ4v) is 6.11. The quantitative estimate of drug-likeness (QED) is 0.577. The number of carbonyl (C=O) groups is 3. The van der Waals surface area contributed by atoms with Crippen molar-refractivity contribution in [2.45, 2.75) is 51.6 Å². The SMILES string of the molecule is CC(C)(C)CC(CC(=O)N1CSC[C@H]1C(=O)O)NC(=O)OCC1c2ccccc2-c2ccccc21. The highest BCUT2D eigenvalue weighted by molar-refractivity contribution is 7.99. The van der Waals surface area contributed by atoms with Crippen LogP contribution in [0, 0.1) is 5.41 Å². The monoisotopic (exact) mass is 496 g/mol. The van der Waals surface area contributed by atoms with Gasteiger partial charge in [-0.05, 0) is 34.1 Å². The minimum Gasteiger partial charge on any atom is -0.480 e. The first-order valence-corrected chi connectivity index (χ1v) is 13.0. The van der Waals surface area contributed by atoms with Crippen LogP contribution in [0.4, 0.5) is 4.79 Å². The molecule has 8 heteroatoms. The second-order valence-electron chi connectivity index (χ2n) is 10.4. The van der Waals surface area contributed by atoms with Gasteiger partial charge in [-0.1, -0.05) is 69.3 Å². The van der Waals surface area contributed by atoms with Gasteiger partial charge in [-0.15, -0.1) is 11.8 Å². The standard InChI is InChI=1S/C27H32N2O5S/c1-27(2,3)13-17(12-24(30)29-16-35-15-23(29)25(31)32)28-26(33)34-14-22-20-10-6-4-8-18(20)19-9-5-7-11-21(19)22/h4-11,17,22-23H,12-16H2,1-3H3,(H,28,33)(H,31,32)/t17?,23-/m0/s1. The van der Waals surface area contributed by atoms with E-state index < -0.39 is 24.1 Å². The van der Waals surface area contributed by atoms with Gasteiger partial charge in [-0.2, -0.15) is 0 Å². The Morgan fingerprint density at radius 3 is 2.26 bits per heavy atom. The van der Waals surface area contributed by atoms with E-state index in [1.165, 1.54) is 16.7 Å². The predicted molar refractivity (Wildman–Crippen MR) is 136 cm³/mol. The number of ether oxygens (including phenoxy) is 1. The first-order valence-electron chi connectivity index (χ1n) is 11.9. The van der Waals surface area contributed by atoms with Crippen molar-refractivity contribution >= 4 is 29.7 Å². The highest BCUT2D eigenvalue weighted by Gasteiger charge is 2.36. The van der Waals surface area contributed by atoms with Crippen molar-refractivity contribution in [3.05, 3.63) is 59.7 Å². The normalized spacial score (nSPS) is 18.0. The Hall–Kier alpha value is -3.00. The van der Waals surface area contributed by atoms with Crippen molar-refractivity contribution in [3.63, 3.8) is 0 Å². The number of fused-ring (bicyclic) bond motifs is 3. The summed E-state index contributed by atoms with van der Waals surface area (Å²) in [6.07, 6.45) is 0.0208. The fraction of sp³-hybridized carbons (Fsp3) is 0.444. The number of amides is 2. The van der Waals surface area contributed by atoms with Gasteiger partial charge in [0.15, 0.2) is 0 Å². The van der Waals surface area contributed by atoms with Crippen LogP contribution in [0.3, 0.4) is 0 Å². The number of alkyl carbamates (subject to hydrolysis) is 1. The van der Waals surface area contributed by atoms with Crippen LogP contribution in [0.15, 0.2) is 48.5 Å². The number of nitrogens with zero attached hydrogens (tertiary/aromatic N) is 1. The number of benzene rings is 2. The third-order valence-corrected chi connectivity index (χ3v) is 7.45. The molecule has 186 valence electrons. The van der Waals surface area contributed by atoms with Crippen molar-refractivity contribution in [1.29, 1.82) is 0 Å². The van der Waals surface area contributed by atoms with Gasteiger partial charge in [-0.25, -0.2) is 9.59 Å². The molecule has 0 spiro atoms. The maximum Gasteiger partial charge on any atom is 0.407 e. The number of carbonyl (C=O) groups excluding carboxylic acids is 2. The Labute approximate surface area is 210 Å². The first kappa shape index (κ1) is 25.1. The predicted octanol–water partition coefficient (Wildman–Crippen LogP) is 4.71. The Bertz CT molecular complexity index is 1070. The molecule has 7 nitrogen and oxygen atoms in total. The second kappa shape index (κ2) is 10.3. The fourth-order valence-electron chi connectivity index (χ4n) is 4.94. The summed E-state index contributed by atoms with van der Waals surface area (Å²) in [5.41, 5.74) is 4.44. The van der Waals surface area contributed by atoms with Gasteiger partial charge in [-0.3, -0.25) is 4.79 Å². The number of hydrogen-bond acceptors (Lipinski definition) is 5. The summed E-state index contributed by atoms with van der Waals surface area (Å²) in [5, 5.41) is 12.3. The number of aliphatic carboxylic acids is 1. The molecule has 1 fully saturated rings. The van der Waals surface area contributed by atoms with E-state index in [0.717, 1.165) is 22.3 Å². The molecular weight excluding hydrogens is 464 g/mol. The summed E-state index contributed by atoms with van der Waals surface area (Å²) in [4.78, 5) is 38.7. The minimum atomic E-state index is -1.000. The van der Waals surface area contributed by atoms with Gasteiger partial charge in [0.25, 0.3) is 0 Å². The maximum atomic E-state index is 12.9. The highest BCUT2D eigenvalue weighted by atomic mass is 32.2. The lowest BCUT2D eigenvalue weighted by atomic mass is 9.87. The molecule has 35 heavy (non-hydrogen) atoms. The van der Waals surface area contributed by atoms with Gasteiger partial charge < -0.3 is 20.1 Å². The van der Waals surface area contributed by atoms with Crippen LogP contribution in [0.1, 0.15) is 50.7 Å². The topological polar surface area (TPSA) is 95.9 Å². The first-order chi connectivity index (χ1) is 16.6. The number of thioether (sulfide) groups is 1. The van der Waals surface area contributed by atoms with Crippen LogP contribution in [0.5, 0.6) is 0 Å². The Balaban J connectivity index is 1.41. The lowest BCUT2D eigenvalue weighted by molar-refractivity contribution is -0.148. The van der Waals surface area contributed by atoms with E-state index in [-0.39, 0.29) is 30.3 Å². The van der Waals surface area contributed by atoms with Crippen molar-refractivity contribution in [2.24, 2.45) is 5.41 Å². The molecule has 2 aromatic carbocycles. The summed E-state index contributed by atoms with van der Waals surface area (Å²) < 4.78 is 5.68. The van der Waals surface area contributed by atoms with E-state index in [4.69, 9.17) is 4.74 Å². The van der Waals surface area contributed by atoms with Gasteiger partial charge >= 0.3 is 12.1 Å². The molecule has 1 saturated heterocycles. The molecule has 0 saturated carbocycles. The molecule has 4 rings (SSSR count). The smallest absolute Gasteiger partial charge is 0.407 e. The number of hydrogen-bond donors (Lipinski definition) is 2. The lowest BCUT2D eigenvalue weighted by Crippen LogP contribution is -2.46. The third kappa shape index (κ3) is 5.81. The van der Waals surface area contributed by atoms with Crippen molar-refractivity contribution < 1.29 is 24.2 Å². The average Bonchev–Trinajstić information content (AvgIpc) is 3.40. The van der Waals surface area contributed by atoms with Gasteiger partial charge in [0, 0.05) is 24.1 Å². The van der Waals surface area contributed by atoms with Crippen LogP contribution in [0.25, 0.3) is 11.1 Å². The van der Waals surface area contributed by atoms with Crippen molar-refractivity contribution in [1.82, 2.24) is 10.2 Å². The maximum absolute atomic E-state index is 12.9. The molecule has 1 aliphatic heterocycles. The molecule has 0 bridgehead atoms. The molecular formula is C27H32N2O5S. The zero-order valence-corrected chi connectivity index (χ0v) is 21.1. The summed E-state index contributed by atoms with van der Waals surface area (Å²) in [7, 11) is 0. The minimum absolute atomic E-state index is 0.0335. The van der Waals surface area contributed by atoms with E-state index in [2.05, 4.69) is 29.6 Å². The summed E-state index contributed by atoms with van der Waals surface area (Å²) in [6, 6.07) is 15.0. The van der Waals surface area contributed by atoms with Crippen LogP contribution in [-0.2, 0) is 14.3 Å². The van der Waals surface area contributed by atoms with Crippen molar-refractivity contribution in [2.75, 3.05) is 18.2 Å². The van der Waals surface area contributed by atoms with E-state index in [9.17, 15) is 19.5 Å².